The molecule has 6 nitrogen and oxygen atoms in total. The van der Waals surface area contributed by atoms with Gasteiger partial charge in [0.05, 0.1) is 10.6 Å². The minimum atomic E-state index is 0.0157. The zero-order valence-corrected chi connectivity index (χ0v) is 16.8. The Bertz CT molecular complexity index is 668. The Morgan fingerprint density at radius 2 is 1.89 bits per heavy atom. The van der Waals surface area contributed by atoms with Gasteiger partial charge in [-0.25, -0.2) is 4.98 Å². The van der Waals surface area contributed by atoms with E-state index in [0.717, 1.165) is 64.8 Å². The van der Waals surface area contributed by atoms with Crippen LogP contribution in [0.1, 0.15) is 55.8 Å². The average molecular weight is 393 g/mol. The van der Waals surface area contributed by atoms with Crippen LogP contribution in [0.25, 0.3) is 0 Å². The number of carbonyl (C=O) groups excluding carboxylic acids is 2. The van der Waals surface area contributed by atoms with E-state index in [-0.39, 0.29) is 17.7 Å². The lowest BCUT2D eigenvalue weighted by atomic mass is 9.96. The number of hydrogen-bond acceptors (Lipinski definition) is 4. The molecule has 0 spiro atoms. The summed E-state index contributed by atoms with van der Waals surface area (Å²) in [7, 11) is 0. The predicted octanol–water partition coefficient (Wildman–Crippen LogP) is 3.10. The third-order valence-corrected chi connectivity index (χ3v) is 5.70. The largest absolute Gasteiger partial charge is 0.356 e. The van der Waals surface area contributed by atoms with Crippen molar-refractivity contribution >= 4 is 29.2 Å². The summed E-state index contributed by atoms with van der Waals surface area (Å²) >= 11 is 6.46. The Morgan fingerprint density at radius 1 is 1.19 bits per heavy atom. The third kappa shape index (κ3) is 4.92. The maximum atomic E-state index is 12.6. The number of anilines is 1. The van der Waals surface area contributed by atoms with Crippen LogP contribution in [0, 0.1) is 5.92 Å². The number of carbonyl (C=O) groups is 2. The van der Waals surface area contributed by atoms with Gasteiger partial charge in [0, 0.05) is 44.8 Å². The number of rotatable bonds is 5. The van der Waals surface area contributed by atoms with Crippen molar-refractivity contribution in [3.63, 3.8) is 0 Å². The van der Waals surface area contributed by atoms with Gasteiger partial charge < -0.3 is 15.1 Å². The summed E-state index contributed by atoms with van der Waals surface area (Å²) < 4.78 is 0. The fourth-order valence-corrected chi connectivity index (χ4v) is 4.09. The van der Waals surface area contributed by atoms with E-state index in [9.17, 15) is 9.59 Å². The second kappa shape index (κ2) is 9.40. The lowest BCUT2D eigenvalue weighted by molar-refractivity contribution is -0.125. The number of aromatic nitrogens is 1. The molecule has 2 aliphatic rings. The van der Waals surface area contributed by atoms with Crippen LogP contribution in [0.3, 0.4) is 0 Å². The highest BCUT2D eigenvalue weighted by molar-refractivity contribution is 6.33. The first-order valence-corrected chi connectivity index (χ1v) is 10.5. The van der Waals surface area contributed by atoms with Gasteiger partial charge in [0.1, 0.15) is 5.82 Å². The van der Waals surface area contributed by atoms with Crippen LogP contribution in [-0.4, -0.2) is 54.4 Å². The smallest absolute Gasteiger partial charge is 0.255 e. The lowest BCUT2D eigenvalue weighted by Gasteiger charge is -2.33. The maximum absolute atomic E-state index is 12.6. The minimum absolute atomic E-state index is 0.0157. The van der Waals surface area contributed by atoms with Gasteiger partial charge in [-0.3, -0.25) is 9.59 Å². The monoisotopic (exact) mass is 392 g/mol. The topological polar surface area (TPSA) is 65.5 Å². The summed E-state index contributed by atoms with van der Waals surface area (Å²) in [5.74, 6) is 0.936. The highest BCUT2D eigenvalue weighted by Gasteiger charge is 2.27. The van der Waals surface area contributed by atoms with E-state index in [1.165, 1.54) is 6.42 Å². The van der Waals surface area contributed by atoms with Gasteiger partial charge in [0.25, 0.3) is 5.91 Å². The second-order valence-electron chi connectivity index (χ2n) is 7.43. The first-order valence-electron chi connectivity index (χ1n) is 10.1. The molecule has 1 aromatic rings. The molecule has 0 saturated carbocycles. The SMILES string of the molecule is CCCNC(=O)C1CCN(c2ncc(C(=O)N3CCCCC3)cc2Cl)CC1. The third-order valence-electron chi connectivity index (χ3n) is 5.43. The van der Waals surface area contributed by atoms with Crippen LogP contribution in [-0.2, 0) is 4.79 Å². The highest BCUT2D eigenvalue weighted by Crippen LogP contribution is 2.29. The Labute approximate surface area is 166 Å². The fourth-order valence-electron chi connectivity index (χ4n) is 3.81. The second-order valence-corrected chi connectivity index (χ2v) is 7.84. The average Bonchev–Trinajstić information content (AvgIpc) is 2.72. The van der Waals surface area contributed by atoms with E-state index in [0.29, 0.717) is 16.4 Å². The molecule has 1 N–H and O–H groups in total. The van der Waals surface area contributed by atoms with Gasteiger partial charge in [-0.2, -0.15) is 0 Å². The molecule has 27 heavy (non-hydrogen) atoms. The molecule has 0 unspecified atom stereocenters. The summed E-state index contributed by atoms with van der Waals surface area (Å²) in [6.45, 7) is 5.90. The van der Waals surface area contributed by atoms with Crippen molar-refractivity contribution in [2.24, 2.45) is 5.92 Å². The van der Waals surface area contributed by atoms with Crippen molar-refractivity contribution in [1.29, 1.82) is 0 Å². The molecular weight excluding hydrogens is 364 g/mol. The number of nitrogens with one attached hydrogen (secondary N) is 1. The molecule has 0 bridgehead atoms. The van der Waals surface area contributed by atoms with Crippen molar-refractivity contribution in [3.8, 4) is 0 Å². The summed E-state index contributed by atoms with van der Waals surface area (Å²) in [6, 6.07) is 1.74. The molecule has 0 atom stereocenters. The van der Waals surface area contributed by atoms with E-state index >= 15 is 0 Å². The van der Waals surface area contributed by atoms with Gasteiger partial charge in [-0.1, -0.05) is 18.5 Å². The zero-order valence-electron chi connectivity index (χ0n) is 16.0. The van der Waals surface area contributed by atoms with E-state index in [1.54, 1.807) is 12.3 Å². The van der Waals surface area contributed by atoms with Crippen molar-refractivity contribution < 1.29 is 9.59 Å². The van der Waals surface area contributed by atoms with E-state index in [1.807, 2.05) is 4.90 Å². The summed E-state index contributed by atoms with van der Waals surface area (Å²) in [5, 5.41) is 3.48. The molecule has 2 fully saturated rings. The fraction of sp³-hybridized carbons (Fsp3) is 0.650. The molecule has 0 aliphatic carbocycles. The Morgan fingerprint density at radius 3 is 2.52 bits per heavy atom. The number of pyridine rings is 1. The van der Waals surface area contributed by atoms with Gasteiger partial charge in [0.2, 0.25) is 5.91 Å². The van der Waals surface area contributed by atoms with Crippen LogP contribution in [0.4, 0.5) is 5.82 Å². The molecule has 0 radical (unpaired) electrons. The Balaban J connectivity index is 1.60. The molecule has 7 heteroatoms. The highest BCUT2D eigenvalue weighted by atomic mass is 35.5. The number of nitrogens with zero attached hydrogens (tertiary/aromatic N) is 3. The van der Waals surface area contributed by atoms with Gasteiger partial charge in [-0.15, -0.1) is 0 Å². The number of likely N-dealkylation sites (tertiary alicyclic amines) is 1. The first-order chi connectivity index (χ1) is 13.1. The van der Waals surface area contributed by atoms with Crippen molar-refractivity contribution in [1.82, 2.24) is 15.2 Å². The van der Waals surface area contributed by atoms with Crippen molar-refractivity contribution in [2.45, 2.75) is 45.4 Å². The van der Waals surface area contributed by atoms with E-state index in [4.69, 9.17) is 11.6 Å². The van der Waals surface area contributed by atoms with Crippen LogP contribution in [0.5, 0.6) is 0 Å². The molecule has 3 rings (SSSR count). The first kappa shape index (κ1) is 19.9. The summed E-state index contributed by atoms with van der Waals surface area (Å²) in [5.41, 5.74) is 0.555. The number of hydrogen-bond donors (Lipinski definition) is 1. The zero-order chi connectivity index (χ0) is 19.2. The van der Waals surface area contributed by atoms with Crippen LogP contribution >= 0.6 is 11.6 Å². The molecular formula is C20H29ClN4O2. The minimum Gasteiger partial charge on any atom is -0.356 e. The molecule has 0 aromatic carbocycles. The molecule has 1 aromatic heterocycles. The van der Waals surface area contributed by atoms with Gasteiger partial charge in [-0.05, 0) is 44.6 Å². The van der Waals surface area contributed by atoms with Crippen LogP contribution in [0.2, 0.25) is 5.02 Å². The van der Waals surface area contributed by atoms with Crippen molar-refractivity contribution in [3.05, 3.63) is 22.8 Å². The molecule has 148 valence electrons. The Kier molecular flexibility index (Phi) is 6.94. The lowest BCUT2D eigenvalue weighted by Crippen LogP contribution is -2.41. The standard InChI is InChI=1S/C20H29ClN4O2/c1-2-8-22-19(26)15-6-11-24(12-7-15)18-17(21)13-16(14-23-18)20(27)25-9-4-3-5-10-25/h13-15H,2-12H2,1H3,(H,22,26). The van der Waals surface area contributed by atoms with E-state index in [2.05, 4.69) is 22.1 Å². The number of halogens is 1. The number of piperidine rings is 2. The summed E-state index contributed by atoms with van der Waals surface area (Å²) in [6.07, 6.45) is 7.49. The maximum Gasteiger partial charge on any atom is 0.255 e. The quantitative estimate of drug-likeness (QED) is 0.836. The predicted molar refractivity (Wildman–Crippen MR) is 107 cm³/mol. The molecule has 2 aliphatic heterocycles. The Hall–Kier alpha value is -1.82. The summed E-state index contributed by atoms with van der Waals surface area (Å²) in [4.78, 5) is 33.2. The number of amides is 2. The molecule has 3 heterocycles. The van der Waals surface area contributed by atoms with Crippen molar-refractivity contribution in [2.75, 3.05) is 37.6 Å². The van der Waals surface area contributed by atoms with Gasteiger partial charge in [0.15, 0.2) is 0 Å². The van der Waals surface area contributed by atoms with Crippen LogP contribution in [0.15, 0.2) is 12.3 Å². The van der Waals surface area contributed by atoms with E-state index < -0.39 is 0 Å². The normalized spacial score (nSPS) is 18.4. The molecule has 2 amide bonds. The van der Waals surface area contributed by atoms with Crippen LogP contribution < -0.4 is 10.2 Å². The molecule has 2 saturated heterocycles. The van der Waals surface area contributed by atoms with Gasteiger partial charge >= 0.3 is 0 Å².